The monoisotopic (exact) mass is 262 g/mol. The van der Waals surface area contributed by atoms with Gasteiger partial charge in [-0.2, -0.15) is 5.26 Å². The van der Waals surface area contributed by atoms with E-state index in [4.69, 9.17) is 10.4 Å². The largest absolute Gasteiger partial charge is 0.392 e. The molecule has 1 aromatic rings. The quantitative estimate of drug-likeness (QED) is 0.889. The summed E-state index contributed by atoms with van der Waals surface area (Å²) in [5.74, 6) is 0. The fraction of sp³-hybridized carbons (Fsp3) is 0.250. The summed E-state index contributed by atoms with van der Waals surface area (Å²) in [6, 6.07) is 1.60. The Hall–Kier alpha value is -1.06. The molecular weight excluding hydrogens is 258 g/mol. The summed E-state index contributed by atoms with van der Waals surface area (Å²) in [5.41, 5.74) is -0.727. The van der Waals surface area contributed by atoms with Crippen molar-refractivity contribution in [3.63, 3.8) is 0 Å². The molecule has 6 heteroatoms. The standard InChI is InChI=1S/C8H5BrF2N2O/c9-6-2-13-7(8(10)11)4(1-12)5(6)3-14/h2,8,14H,3H2. The number of rotatable bonds is 2. The summed E-state index contributed by atoms with van der Waals surface area (Å²) in [7, 11) is 0. The molecule has 0 aromatic carbocycles. The predicted molar refractivity (Wildman–Crippen MR) is 47.5 cm³/mol. The van der Waals surface area contributed by atoms with Crippen LogP contribution in [0, 0.1) is 11.3 Å². The van der Waals surface area contributed by atoms with E-state index >= 15 is 0 Å². The molecule has 0 aliphatic carbocycles. The van der Waals surface area contributed by atoms with Gasteiger partial charge in [0.25, 0.3) is 6.43 Å². The number of pyridine rings is 1. The van der Waals surface area contributed by atoms with Crippen LogP contribution in [0.15, 0.2) is 10.7 Å². The molecule has 1 aromatic heterocycles. The fourth-order valence-electron chi connectivity index (χ4n) is 0.987. The van der Waals surface area contributed by atoms with Crippen LogP contribution < -0.4 is 0 Å². The minimum atomic E-state index is -2.82. The zero-order chi connectivity index (χ0) is 10.7. The number of halogens is 3. The molecule has 0 aliphatic rings. The molecule has 1 rings (SSSR count). The smallest absolute Gasteiger partial charge is 0.281 e. The minimum absolute atomic E-state index is 0.137. The zero-order valence-corrected chi connectivity index (χ0v) is 8.42. The zero-order valence-electron chi connectivity index (χ0n) is 6.84. The first-order chi connectivity index (χ1) is 6.61. The SMILES string of the molecule is N#Cc1c(C(F)F)ncc(Br)c1CO. The number of nitrogens with zero attached hydrogens (tertiary/aromatic N) is 2. The number of hydrogen-bond donors (Lipinski definition) is 1. The topological polar surface area (TPSA) is 56.9 Å². The maximum absolute atomic E-state index is 12.4. The van der Waals surface area contributed by atoms with Gasteiger partial charge >= 0.3 is 0 Å². The van der Waals surface area contributed by atoms with Crippen molar-refractivity contribution in [1.82, 2.24) is 4.98 Å². The number of hydrogen-bond acceptors (Lipinski definition) is 3. The Morgan fingerprint density at radius 1 is 1.64 bits per heavy atom. The Kier molecular flexibility index (Phi) is 3.49. The Morgan fingerprint density at radius 2 is 2.29 bits per heavy atom. The molecule has 0 unspecified atom stereocenters. The average molecular weight is 263 g/mol. The van der Waals surface area contributed by atoms with Gasteiger partial charge in [-0.15, -0.1) is 0 Å². The first-order valence-corrected chi connectivity index (χ1v) is 4.37. The van der Waals surface area contributed by atoms with Gasteiger partial charge in [0.15, 0.2) is 0 Å². The molecule has 3 nitrogen and oxygen atoms in total. The highest BCUT2D eigenvalue weighted by atomic mass is 79.9. The molecule has 0 amide bonds. The lowest BCUT2D eigenvalue weighted by atomic mass is 10.1. The fourth-order valence-corrected chi connectivity index (χ4v) is 1.41. The van der Waals surface area contributed by atoms with E-state index in [1.54, 1.807) is 6.07 Å². The summed E-state index contributed by atoms with van der Waals surface area (Å²) in [5, 5.41) is 17.5. The van der Waals surface area contributed by atoms with E-state index in [0.717, 1.165) is 6.20 Å². The van der Waals surface area contributed by atoms with E-state index in [9.17, 15) is 8.78 Å². The van der Waals surface area contributed by atoms with E-state index in [0.29, 0.717) is 4.47 Å². The molecule has 1 N–H and O–H groups in total. The van der Waals surface area contributed by atoms with Crippen molar-refractivity contribution >= 4 is 15.9 Å². The van der Waals surface area contributed by atoms with Gasteiger partial charge in [-0.1, -0.05) is 0 Å². The van der Waals surface area contributed by atoms with Gasteiger partial charge in [-0.3, -0.25) is 4.98 Å². The third kappa shape index (κ3) is 1.89. The first kappa shape index (κ1) is 11.0. The van der Waals surface area contributed by atoms with Crippen molar-refractivity contribution in [1.29, 1.82) is 5.26 Å². The molecule has 0 bridgehead atoms. The van der Waals surface area contributed by atoms with Crippen LogP contribution in [0.25, 0.3) is 0 Å². The molecule has 1 heterocycles. The number of aliphatic hydroxyl groups is 1. The minimum Gasteiger partial charge on any atom is -0.392 e. The van der Waals surface area contributed by atoms with Crippen molar-refractivity contribution in [3.8, 4) is 6.07 Å². The van der Waals surface area contributed by atoms with Crippen molar-refractivity contribution in [2.24, 2.45) is 0 Å². The average Bonchev–Trinajstić information content (AvgIpc) is 2.16. The summed E-state index contributed by atoms with van der Waals surface area (Å²) >= 11 is 3.01. The predicted octanol–water partition coefficient (Wildman–Crippen LogP) is 2.15. The van der Waals surface area contributed by atoms with Crippen molar-refractivity contribution < 1.29 is 13.9 Å². The van der Waals surface area contributed by atoms with Crippen LogP contribution in [0.5, 0.6) is 0 Å². The van der Waals surface area contributed by atoms with Gasteiger partial charge in [-0.25, -0.2) is 8.78 Å². The number of nitriles is 1. The lowest BCUT2D eigenvalue weighted by molar-refractivity contribution is 0.145. The summed E-state index contributed by atoms with van der Waals surface area (Å²) < 4.78 is 25.1. The summed E-state index contributed by atoms with van der Waals surface area (Å²) in [6.07, 6.45) is -1.67. The molecule has 14 heavy (non-hydrogen) atoms. The van der Waals surface area contributed by atoms with Gasteiger partial charge in [0.05, 0.1) is 12.2 Å². The van der Waals surface area contributed by atoms with E-state index in [1.807, 2.05) is 0 Å². The third-order valence-electron chi connectivity index (χ3n) is 1.64. The molecule has 0 saturated heterocycles. The Balaban J connectivity index is 3.43. The molecule has 0 radical (unpaired) electrons. The van der Waals surface area contributed by atoms with Crippen LogP contribution >= 0.6 is 15.9 Å². The molecule has 74 valence electrons. The maximum atomic E-state index is 12.4. The van der Waals surface area contributed by atoms with Crippen molar-refractivity contribution in [2.45, 2.75) is 13.0 Å². The van der Waals surface area contributed by atoms with Crippen LogP contribution in [0.1, 0.15) is 23.2 Å². The van der Waals surface area contributed by atoms with Crippen LogP contribution in [0.4, 0.5) is 8.78 Å². The van der Waals surface area contributed by atoms with Gasteiger partial charge in [-0.05, 0) is 15.9 Å². The van der Waals surface area contributed by atoms with E-state index in [2.05, 4.69) is 20.9 Å². The number of alkyl halides is 2. The normalized spacial score (nSPS) is 10.3. The molecule has 0 saturated carbocycles. The first-order valence-electron chi connectivity index (χ1n) is 3.58. The highest BCUT2D eigenvalue weighted by Gasteiger charge is 2.19. The second-order valence-electron chi connectivity index (χ2n) is 2.42. The molecule has 0 aliphatic heterocycles. The van der Waals surface area contributed by atoms with Crippen molar-refractivity contribution in [2.75, 3.05) is 0 Å². The lowest BCUT2D eigenvalue weighted by Gasteiger charge is -2.07. The third-order valence-corrected chi connectivity index (χ3v) is 2.32. The lowest BCUT2D eigenvalue weighted by Crippen LogP contribution is -2.01. The number of aromatic nitrogens is 1. The Bertz CT molecular complexity index is 390. The highest BCUT2D eigenvalue weighted by molar-refractivity contribution is 9.10. The van der Waals surface area contributed by atoms with Gasteiger partial charge in [0, 0.05) is 16.2 Å². The van der Waals surface area contributed by atoms with Gasteiger partial charge in [0.2, 0.25) is 0 Å². The molecular formula is C8H5BrF2N2O. The van der Waals surface area contributed by atoms with Crippen LogP contribution in [-0.2, 0) is 6.61 Å². The van der Waals surface area contributed by atoms with Crippen molar-refractivity contribution in [3.05, 3.63) is 27.5 Å². The summed E-state index contributed by atoms with van der Waals surface area (Å²) in [6.45, 7) is -0.480. The van der Waals surface area contributed by atoms with E-state index in [1.165, 1.54) is 0 Å². The van der Waals surface area contributed by atoms with Crippen LogP contribution in [0.2, 0.25) is 0 Å². The molecule has 0 atom stereocenters. The van der Waals surface area contributed by atoms with E-state index in [-0.39, 0.29) is 11.1 Å². The maximum Gasteiger partial charge on any atom is 0.281 e. The van der Waals surface area contributed by atoms with Crippen LogP contribution in [-0.4, -0.2) is 10.1 Å². The second kappa shape index (κ2) is 4.44. The molecule has 0 spiro atoms. The van der Waals surface area contributed by atoms with Gasteiger partial charge < -0.3 is 5.11 Å². The van der Waals surface area contributed by atoms with Crippen LogP contribution in [0.3, 0.4) is 0 Å². The number of aliphatic hydroxyl groups excluding tert-OH is 1. The molecule has 0 fully saturated rings. The van der Waals surface area contributed by atoms with Gasteiger partial charge in [0.1, 0.15) is 11.8 Å². The second-order valence-corrected chi connectivity index (χ2v) is 3.27. The van der Waals surface area contributed by atoms with E-state index < -0.39 is 18.7 Å². The Morgan fingerprint density at radius 3 is 2.71 bits per heavy atom. The Labute approximate surface area is 87.1 Å². The highest BCUT2D eigenvalue weighted by Crippen LogP contribution is 2.27. The summed E-state index contributed by atoms with van der Waals surface area (Å²) in [4.78, 5) is 3.43.